The minimum atomic E-state index is -0.0944. The zero-order valence-electron chi connectivity index (χ0n) is 22.4. The first-order valence-corrected chi connectivity index (χ1v) is 14.3. The van der Waals surface area contributed by atoms with Crippen molar-refractivity contribution in [1.29, 1.82) is 5.26 Å². The van der Waals surface area contributed by atoms with Gasteiger partial charge in [0.2, 0.25) is 5.70 Å². The number of fused-ring (bicyclic) bond motifs is 2. The van der Waals surface area contributed by atoms with E-state index in [-0.39, 0.29) is 57.4 Å². The van der Waals surface area contributed by atoms with Crippen LogP contribution in [0.3, 0.4) is 0 Å². The number of allylic oxidation sites excluding steroid dienone is 2. The third-order valence-corrected chi connectivity index (χ3v) is 7.60. The molecule has 4 aliphatic rings. The molecule has 0 aromatic carbocycles. The largest absolute Gasteiger partial charge is 0.377 e. The number of nitrogens with zero attached hydrogens (tertiary/aromatic N) is 2. The van der Waals surface area contributed by atoms with Crippen LogP contribution in [0.25, 0.3) is 0 Å². The molecule has 3 fully saturated rings. The number of rotatable bonds is 1. The van der Waals surface area contributed by atoms with Crippen molar-refractivity contribution in [2.45, 2.75) is 82.7 Å². The molecule has 38 heavy (non-hydrogen) atoms. The van der Waals surface area contributed by atoms with Crippen molar-refractivity contribution in [1.82, 2.24) is 5.32 Å². The van der Waals surface area contributed by atoms with Crippen LogP contribution in [0.2, 0.25) is 0 Å². The maximum atomic E-state index is 10.0. The standard InChI is InChI=1S/C20H36O6.C6H5N3OS.Tl/c1-2-6-18-17(5-1)23-13-9-21-11-15-25-19-7-3-4-8-20(19)26-16-12-22-10-14-24-18;1-4-3-11-6(8-4)5(2-7)9-10;/h17-20H,1-16H2;3,8H,1H3;. The fraction of sp³-hybridized carbons (Fsp3) is 0.808. The van der Waals surface area contributed by atoms with E-state index in [4.69, 9.17) is 33.7 Å². The maximum absolute atomic E-state index is 10.0. The molecule has 10 nitrogen and oxygen atoms in total. The number of nitroso groups, excluding NO2 is 1. The summed E-state index contributed by atoms with van der Waals surface area (Å²) in [5.41, 5.74) is 0.824. The number of thioether (sulfide) groups is 1. The van der Waals surface area contributed by atoms with Crippen LogP contribution in [0.4, 0.5) is 0 Å². The number of hydrogen-bond acceptors (Lipinski definition) is 11. The molecule has 211 valence electrons. The first-order chi connectivity index (χ1) is 18.2. The van der Waals surface area contributed by atoms with Gasteiger partial charge in [-0.2, -0.15) is 5.26 Å². The summed E-state index contributed by atoms with van der Waals surface area (Å²) in [7, 11) is 0. The van der Waals surface area contributed by atoms with Gasteiger partial charge in [0.15, 0.2) is 0 Å². The van der Waals surface area contributed by atoms with Gasteiger partial charge in [0.25, 0.3) is 0 Å². The fourth-order valence-corrected chi connectivity index (χ4v) is 5.51. The van der Waals surface area contributed by atoms with E-state index in [1.165, 1.54) is 37.4 Å². The van der Waals surface area contributed by atoms with Crippen molar-refractivity contribution in [3.05, 3.63) is 26.7 Å². The number of nitrogens with one attached hydrogen (secondary N) is 1. The van der Waals surface area contributed by atoms with Crippen molar-refractivity contribution < 1.29 is 28.4 Å². The summed E-state index contributed by atoms with van der Waals surface area (Å²) in [5.74, 6) is 0. The molecule has 1 radical (unpaired) electrons. The molecule has 12 heteroatoms. The van der Waals surface area contributed by atoms with E-state index in [2.05, 4.69) is 10.5 Å². The molecule has 0 aromatic heterocycles. The second-order valence-corrected chi connectivity index (χ2v) is 10.2. The van der Waals surface area contributed by atoms with E-state index in [1.54, 1.807) is 6.07 Å². The topological polar surface area (TPSA) is 121 Å². The molecular weight excluding hydrogens is 703 g/mol. The Hall–Kier alpha value is -0.598. The molecule has 0 amide bonds. The van der Waals surface area contributed by atoms with Crippen LogP contribution >= 0.6 is 11.8 Å². The van der Waals surface area contributed by atoms with Crippen LogP contribution in [0.5, 0.6) is 0 Å². The Morgan fingerprint density at radius 2 is 1.21 bits per heavy atom. The zero-order chi connectivity index (χ0) is 26.1. The average Bonchev–Trinajstić information content (AvgIpc) is 3.35. The summed E-state index contributed by atoms with van der Waals surface area (Å²) in [5, 5.41) is 16.1. The monoisotopic (exact) mass is 744 g/mol. The van der Waals surface area contributed by atoms with Gasteiger partial charge in [-0.3, -0.25) is 0 Å². The fourth-order valence-electron chi connectivity index (χ4n) is 4.74. The molecule has 4 atom stereocenters. The van der Waals surface area contributed by atoms with Gasteiger partial charge in [0, 0.05) is 33.0 Å². The number of ether oxygens (including phenoxy) is 6. The van der Waals surface area contributed by atoms with E-state index in [9.17, 15) is 4.91 Å². The van der Waals surface area contributed by atoms with E-state index < -0.39 is 0 Å². The van der Waals surface area contributed by atoms with Gasteiger partial charge in [0.1, 0.15) is 11.1 Å². The molecule has 0 bridgehead atoms. The van der Waals surface area contributed by atoms with E-state index in [1.807, 2.05) is 12.3 Å². The predicted octanol–water partition coefficient (Wildman–Crippen LogP) is 3.98. The normalized spacial score (nSPS) is 31.0. The zero-order valence-corrected chi connectivity index (χ0v) is 27.7. The molecule has 1 N–H and O–H groups in total. The first-order valence-electron chi connectivity index (χ1n) is 13.4. The van der Waals surface area contributed by atoms with Crippen LogP contribution in [-0.4, -0.2) is 105 Å². The maximum Gasteiger partial charge on any atom is 0.215 e. The summed E-state index contributed by atoms with van der Waals surface area (Å²) in [6, 6.07) is 1.70. The first kappa shape index (κ1) is 33.6. The molecule has 4 unspecified atom stereocenters. The van der Waals surface area contributed by atoms with E-state index >= 15 is 0 Å². The Labute approximate surface area is 250 Å². The van der Waals surface area contributed by atoms with Crippen molar-refractivity contribution in [2.75, 3.05) is 52.9 Å². The summed E-state index contributed by atoms with van der Waals surface area (Å²) < 4.78 is 35.5. The van der Waals surface area contributed by atoms with Gasteiger partial charge in [-0.25, -0.2) is 0 Å². The van der Waals surface area contributed by atoms with Crippen LogP contribution in [0.1, 0.15) is 58.3 Å². The Balaban J connectivity index is 0.000000356. The number of hydrogen-bond donors (Lipinski definition) is 1. The summed E-state index contributed by atoms with van der Waals surface area (Å²) >= 11 is 1.30. The van der Waals surface area contributed by atoms with Crippen LogP contribution < -0.4 is 5.32 Å². The molecule has 2 saturated carbocycles. The van der Waals surface area contributed by atoms with Crippen molar-refractivity contribution >= 4 is 39.1 Å². The second kappa shape index (κ2) is 20.3. The number of nitriles is 1. The molecule has 0 aromatic rings. The van der Waals surface area contributed by atoms with Crippen LogP contribution in [0, 0.1) is 16.2 Å². The summed E-state index contributed by atoms with van der Waals surface area (Å²) in [4.78, 5) is 10.0. The van der Waals surface area contributed by atoms with Crippen molar-refractivity contribution in [3.8, 4) is 6.07 Å². The molecule has 4 rings (SSSR count). The third-order valence-electron chi connectivity index (χ3n) is 6.60. The Morgan fingerprint density at radius 1 is 0.816 bits per heavy atom. The average molecular weight is 744 g/mol. The van der Waals surface area contributed by atoms with E-state index in [0.717, 1.165) is 31.4 Å². The van der Waals surface area contributed by atoms with Gasteiger partial charge in [-0.05, 0) is 43.2 Å². The van der Waals surface area contributed by atoms with Crippen LogP contribution in [0.15, 0.2) is 27.0 Å². The smallest absolute Gasteiger partial charge is 0.215 e. The Kier molecular flexibility index (Phi) is 18.0. The Morgan fingerprint density at radius 3 is 1.50 bits per heavy atom. The minimum Gasteiger partial charge on any atom is -0.377 e. The molecule has 1 saturated heterocycles. The Bertz CT molecular complexity index is 729. The van der Waals surface area contributed by atoms with Crippen LogP contribution in [-0.2, 0) is 28.4 Å². The van der Waals surface area contributed by atoms with Gasteiger partial charge < -0.3 is 33.7 Å². The molecule has 2 aliphatic heterocycles. The van der Waals surface area contributed by atoms with Crippen molar-refractivity contribution in [3.63, 3.8) is 0 Å². The van der Waals surface area contributed by atoms with E-state index in [0.29, 0.717) is 57.9 Å². The van der Waals surface area contributed by atoms with Gasteiger partial charge >= 0.3 is 0 Å². The van der Waals surface area contributed by atoms with Crippen molar-refractivity contribution in [2.24, 2.45) is 5.18 Å². The molecule has 2 aliphatic carbocycles. The SMILES string of the molecule is C1CCC2OCCOCCOC3CCCCC3OCCOCCOC2C1.CC1=CSC(=C(C#N)N=O)N1.[Tl]. The molecule has 0 spiro atoms. The van der Waals surface area contributed by atoms with Gasteiger partial charge in [-0.1, -0.05) is 37.4 Å². The second-order valence-electron chi connectivity index (χ2n) is 9.36. The molecule has 2 heterocycles. The summed E-state index contributed by atoms with van der Waals surface area (Å²) in [6.45, 7) is 6.78. The third kappa shape index (κ3) is 12.3. The minimum absolute atomic E-state index is 0. The quantitative estimate of drug-likeness (QED) is 0.240. The van der Waals surface area contributed by atoms with Gasteiger partial charge in [-0.15, -0.1) is 4.91 Å². The summed E-state index contributed by atoms with van der Waals surface area (Å²) in [6.07, 6.45) is 9.93. The van der Waals surface area contributed by atoms with Gasteiger partial charge in [0.05, 0.1) is 77.3 Å². The predicted molar refractivity (Wildman–Crippen MR) is 146 cm³/mol. The molecular formula is C26H41N3O7STl.